The third-order valence-corrected chi connectivity index (χ3v) is 18.4. The number of nitrogens with zero attached hydrogens (tertiary/aromatic N) is 1. The van der Waals surface area contributed by atoms with E-state index in [4.69, 9.17) is 84.1 Å². The molecule has 0 saturated carbocycles. The Hall–Kier alpha value is -5.43. The average Bonchev–Trinajstić information content (AvgIpc) is 2.47. The zero-order valence-corrected chi connectivity index (χ0v) is 55.9. The lowest BCUT2D eigenvalue weighted by Gasteiger charge is -2.41. The third-order valence-electron chi connectivity index (χ3n) is 16.9. The van der Waals surface area contributed by atoms with Crippen LogP contribution < -0.4 is 5.32 Å². The van der Waals surface area contributed by atoms with E-state index in [0.29, 0.717) is 86.7 Å². The van der Waals surface area contributed by atoms with Crippen molar-refractivity contribution in [1.82, 2.24) is 5.32 Å². The van der Waals surface area contributed by atoms with Crippen molar-refractivity contribution in [3.63, 3.8) is 0 Å². The summed E-state index contributed by atoms with van der Waals surface area (Å²) in [4.78, 5) is 31.0. The first-order valence-corrected chi connectivity index (χ1v) is 32.1. The van der Waals surface area contributed by atoms with Gasteiger partial charge in [-0.25, -0.2) is 4.99 Å². The van der Waals surface area contributed by atoms with Gasteiger partial charge in [0.25, 0.3) is 0 Å². The van der Waals surface area contributed by atoms with E-state index in [-0.39, 0.29) is 54.4 Å². The topological polar surface area (TPSA) is 138 Å². The monoisotopic (exact) mass is 1310 g/mol. The van der Waals surface area contributed by atoms with Gasteiger partial charge in [0, 0.05) is 53.3 Å². The second-order valence-electron chi connectivity index (χ2n) is 24.7. The number of halogens is 6. The second-order valence-corrected chi connectivity index (χ2v) is 27.3. The number of nitrogens with one attached hydrogen (secondary N) is 1. The predicted octanol–water partition coefficient (Wildman–Crippen LogP) is 19.5. The van der Waals surface area contributed by atoms with Gasteiger partial charge in [0.1, 0.15) is 12.7 Å². The highest BCUT2D eigenvalue weighted by Gasteiger charge is 2.47. The van der Waals surface area contributed by atoms with E-state index < -0.39 is 34.4 Å². The molecule has 470 valence electrons. The van der Waals surface area contributed by atoms with Crippen LogP contribution in [0.1, 0.15) is 156 Å². The summed E-state index contributed by atoms with van der Waals surface area (Å²) < 4.78 is 12.0. The number of aliphatic hydroxyl groups excluding tert-OH is 3. The minimum atomic E-state index is -0.874. The van der Waals surface area contributed by atoms with Gasteiger partial charge in [0.05, 0.1) is 41.7 Å². The van der Waals surface area contributed by atoms with Crippen LogP contribution in [-0.4, -0.2) is 58.4 Å². The van der Waals surface area contributed by atoms with Crippen LogP contribution in [0.2, 0.25) is 30.1 Å². The van der Waals surface area contributed by atoms with Crippen LogP contribution in [-0.2, 0) is 19.1 Å². The molecule has 0 unspecified atom stereocenters. The molecule has 11 atom stereocenters. The van der Waals surface area contributed by atoms with Gasteiger partial charge in [0.2, 0.25) is 5.91 Å². The van der Waals surface area contributed by atoms with Crippen LogP contribution >= 0.6 is 69.6 Å². The molecular weight excluding hydrogens is 1230 g/mol. The highest BCUT2D eigenvalue weighted by Crippen LogP contribution is 2.51. The second kappa shape index (κ2) is 33.1. The molecule has 1 fully saturated rings. The Kier molecular flexibility index (Phi) is 26.9. The molecule has 2 aliphatic rings. The molecular formula is C73H84Cl6N2O7. The fourth-order valence-electron chi connectivity index (χ4n) is 11.5. The number of ether oxygens (including phenoxy) is 2. The van der Waals surface area contributed by atoms with Crippen molar-refractivity contribution < 1.29 is 34.4 Å². The lowest BCUT2D eigenvalue weighted by Crippen LogP contribution is -2.48. The Balaban J connectivity index is 0.000000212. The van der Waals surface area contributed by atoms with Crippen LogP contribution in [0.4, 0.5) is 0 Å². The largest absolute Gasteiger partial charge is 0.478 e. The smallest absolute Gasteiger partial charge is 0.312 e. The molecule has 0 aromatic heterocycles. The van der Waals surface area contributed by atoms with Crippen molar-refractivity contribution in [2.24, 2.45) is 33.1 Å². The summed E-state index contributed by atoms with van der Waals surface area (Å²) in [5, 5.41) is 39.2. The van der Waals surface area contributed by atoms with Gasteiger partial charge in [0.15, 0.2) is 5.90 Å². The van der Waals surface area contributed by atoms with Gasteiger partial charge >= 0.3 is 5.97 Å². The summed E-state index contributed by atoms with van der Waals surface area (Å²) in [6.07, 6.45) is 6.77. The maximum atomic E-state index is 13.4. The number of hydrogen-bond acceptors (Lipinski definition) is 8. The van der Waals surface area contributed by atoms with Crippen molar-refractivity contribution in [2.45, 2.75) is 135 Å². The number of esters is 1. The van der Waals surface area contributed by atoms with Gasteiger partial charge < -0.3 is 30.1 Å². The number of cyclic esters (lactones) is 1. The van der Waals surface area contributed by atoms with Crippen LogP contribution in [0.5, 0.6) is 0 Å². The fourth-order valence-corrected chi connectivity index (χ4v) is 12.5. The first kappa shape index (κ1) is 71.6. The molecule has 0 spiro atoms. The summed E-state index contributed by atoms with van der Waals surface area (Å²) in [5.41, 5.74) is 3.49. The van der Waals surface area contributed by atoms with Crippen LogP contribution in [0.3, 0.4) is 0 Å². The number of allylic oxidation sites excluding steroid dienone is 3. The summed E-state index contributed by atoms with van der Waals surface area (Å²) in [5.74, 6) is 0.274. The number of carbonyl (C=O) groups excluding carboxylic acids is 2. The summed E-state index contributed by atoms with van der Waals surface area (Å²) in [6.45, 7) is 26.2. The fraction of sp³-hybridized carbons (Fsp3) is 0.384. The van der Waals surface area contributed by atoms with E-state index in [1.165, 1.54) is 0 Å². The summed E-state index contributed by atoms with van der Waals surface area (Å²) >= 11 is 36.9. The minimum absolute atomic E-state index is 0.0162. The Bertz CT molecular complexity index is 3300. The number of aliphatic imine (C=N–C) groups is 1. The number of aliphatic hydroxyl groups is 3. The molecule has 1 amide bonds. The van der Waals surface area contributed by atoms with Gasteiger partial charge in [-0.1, -0.05) is 202 Å². The van der Waals surface area contributed by atoms with E-state index in [9.17, 15) is 24.9 Å². The van der Waals surface area contributed by atoms with Gasteiger partial charge in [-0.15, -0.1) is 19.7 Å². The molecule has 1 saturated heterocycles. The molecule has 2 aliphatic heterocycles. The number of amides is 1. The van der Waals surface area contributed by atoms with Crippen LogP contribution in [0.15, 0.2) is 189 Å². The maximum absolute atomic E-state index is 13.4. The Morgan fingerprint density at radius 2 is 1.15 bits per heavy atom. The van der Waals surface area contributed by atoms with Crippen LogP contribution in [0.25, 0.3) is 0 Å². The SMILES string of the molecule is C=CC[C@@](C)(C[C@H](c1cccc(Cl)c1)[C@@H](O)c1ccc(Cl)cc1)C(=O)N[C@H](CO)C(C)C.C=CC[C@@](C)(C[C@H](c1cccc(Cl)c1)[C@@H](O)c1ccc(Cl)cc1)C1=N[C@@H](C(C)C)CO1.C=CC[C@@]1(C)C[C@H](c2cccc(Cl)c2)[C@H](c2ccc(Cl)cc2)OC1=O. The van der Waals surface area contributed by atoms with E-state index in [1.807, 2.05) is 137 Å². The van der Waals surface area contributed by atoms with Gasteiger partial charge in [-0.2, -0.15) is 0 Å². The van der Waals surface area contributed by atoms with E-state index in [2.05, 4.69) is 45.8 Å². The van der Waals surface area contributed by atoms with Gasteiger partial charge in [-0.05, 0) is 163 Å². The van der Waals surface area contributed by atoms with Crippen molar-refractivity contribution in [1.29, 1.82) is 0 Å². The van der Waals surface area contributed by atoms with Crippen LogP contribution in [0, 0.1) is 28.1 Å². The molecule has 8 rings (SSSR count). The third kappa shape index (κ3) is 19.3. The van der Waals surface area contributed by atoms with Crippen molar-refractivity contribution in [3.8, 4) is 0 Å². The zero-order chi connectivity index (χ0) is 64.5. The quantitative estimate of drug-likeness (QED) is 0.0350. The lowest BCUT2D eigenvalue weighted by molar-refractivity contribution is -0.171. The van der Waals surface area contributed by atoms with Crippen molar-refractivity contribution in [2.75, 3.05) is 13.2 Å². The summed E-state index contributed by atoms with van der Waals surface area (Å²) in [6, 6.07) is 44.5. The zero-order valence-electron chi connectivity index (χ0n) is 51.3. The Morgan fingerprint density at radius 3 is 1.59 bits per heavy atom. The van der Waals surface area contributed by atoms with E-state index >= 15 is 0 Å². The highest BCUT2D eigenvalue weighted by atomic mass is 35.5. The molecule has 6 aromatic rings. The highest BCUT2D eigenvalue weighted by molar-refractivity contribution is 6.32. The molecule has 0 bridgehead atoms. The van der Waals surface area contributed by atoms with Crippen molar-refractivity contribution >= 4 is 87.4 Å². The van der Waals surface area contributed by atoms with Crippen molar-refractivity contribution in [3.05, 3.63) is 247 Å². The molecule has 6 aromatic carbocycles. The lowest BCUT2D eigenvalue weighted by atomic mass is 9.71. The molecule has 4 N–H and O–H groups in total. The first-order valence-electron chi connectivity index (χ1n) is 29.8. The number of hydrogen-bond donors (Lipinski definition) is 4. The van der Waals surface area contributed by atoms with Gasteiger partial charge in [-0.3, -0.25) is 9.59 Å². The standard InChI is InChI=1S/C26H33Cl2NO3.C26H31Cl2NO2.C21H20Cl2O2/c1-5-13-26(4,25(32)29-23(16-30)17(2)3)15-22(19-7-6-8-21(28)14-19)24(31)18-9-11-20(27)12-10-18;1-5-13-26(4,25-29-23(16-31-25)17(2)3)15-22(19-7-6-8-21(28)14-19)24(30)18-9-11-20(27)12-10-18;1-3-11-21(2)13-18(15-5-4-6-17(23)12-15)19(25-20(21)24)14-7-9-16(22)10-8-14/h5-12,14,17,22-24,30-31H,1,13,15-16H2,2-4H3,(H,29,32);5-12,14,17,22-24,30H,1,13,15-16H2,2-4H3;3-10,12,18-19H,1,11,13H2,2H3/t2*22-,23-,24+,26+;18-,19+,21+/m111/s1. The molecule has 88 heavy (non-hydrogen) atoms. The molecule has 9 nitrogen and oxygen atoms in total. The van der Waals surface area contributed by atoms with E-state index in [0.717, 1.165) is 33.7 Å². The Labute approximate surface area is 551 Å². The predicted molar refractivity (Wildman–Crippen MR) is 364 cm³/mol. The Morgan fingerprint density at radius 1 is 0.659 bits per heavy atom. The molecule has 0 aliphatic carbocycles. The normalized spacial score (nSPS) is 20.3. The summed E-state index contributed by atoms with van der Waals surface area (Å²) in [7, 11) is 0. The van der Waals surface area contributed by atoms with E-state index in [1.54, 1.807) is 54.6 Å². The number of benzene rings is 6. The molecule has 15 heteroatoms. The molecule has 2 heterocycles. The number of rotatable bonds is 24. The molecule has 0 radical (unpaired) electrons. The average molecular weight is 1310 g/mol. The minimum Gasteiger partial charge on any atom is -0.478 e. The maximum Gasteiger partial charge on any atom is 0.312 e. The number of carbonyl (C=O) groups is 2. The first-order chi connectivity index (χ1) is 41.8.